The quantitative estimate of drug-likeness (QED) is 0.634. The van der Waals surface area contributed by atoms with Gasteiger partial charge in [-0.25, -0.2) is 0 Å². The van der Waals surface area contributed by atoms with Crippen molar-refractivity contribution in [1.29, 1.82) is 0 Å². The number of rotatable bonds is 0. The van der Waals surface area contributed by atoms with Gasteiger partial charge in [0.05, 0.1) is 4.86 Å². The van der Waals surface area contributed by atoms with Crippen LogP contribution in [0.25, 0.3) is 0 Å². The molecular weight excluding hydrogens is 228 g/mol. The van der Waals surface area contributed by atoms with Crippen LogP contribution >= 0.6 is 12.2 Å². The largest absolute Gasteiger partial charge is 0.506 e. The molecule has 1 fully saturated rings. The van der Waals surface area contributed by atoms with Gasteiger partial charge in [0.1, 0.15) is 5.76 Å². The van der Waals surface area contributed by atoms with Gasteiger partial charge in [-0.05, 0) is 29.2 Å². The van der Waals surface area contributed by atoms with Crippen molar-refractivity contribution in [3.8, 4) is 0 Å². The van der Waals surface area contributed by atoms with E-state index < -0.39 is 0 Å². The van der Waals surface area contributed by atoms with E-state index in [1.54, 1.807) is 0 Å². The molecule has 0 aromatic rings. The van der Waals surface area contributed by atoms with Crippen LogP contribution in [0, 0.1) is 16.7 Å². The maximum absolute atomic E-state index is 10.4. The van der Waals surface area contributed by atoms with Crippen LogP contribution in [-0.4, -0.2) is 9.97 Å². The summed E-state index contributed by atoms with van der Waals surface area (Å²) in [5, 5.41) is 10.4. The fourth-order valence-electron chi connectivity index (χ4n) is 3.01. The summed E-state index contributed by atoms with van der Waals surface area (Å²) in [6.45, 7) is 11.0. The van der Waals surface area contributed by atoms with Crippen LogP contribution in [0.3, 0.4) is 0 Å². The third-order valence-electron chi connectivity index (χ3n) is 4.35. The zero-order valence-corrected chi connectivity index (χ0v) is 12.2. The highest BCUT2D eigenvalue weighted by Crippen LogP contribution is 2.54. The molecule has 0 spiro atoms. The van der Waals surface area contributed by atoms with E-state index >= 15 is 0 Å². The molecule has 94 valence electrons. The minimum absolute atomic E-state index is 0.0373. The third kappa shape index (κ3) is 1.87. The standard InChI is InChI=1S/C15H22OS/c1-9-8-10-11(12(16)13(9)17)15(4,5)7-6-14(10,2)3/h8-9,16H,6-7H2,1-5H3. The van der Waals surface area contributed by atoms with Crippen molar-refractivity contribution in [2.45, 2.75) is 47.5 Å². The van der Waals surface area contributed by atoms with E-state index in [2.05, 4.69) is 40.7 Å². The smallest absolute Gasteiger partial charge is 0.134 e. The van der Waals surface area contributed by atoms with Crippen molar-refractivity contribution in [1.82, 2.24) is 0 Å². The number of fused-ring (bicyclic) bond motifs is 1. The van der Waals surface area contributed by atoms with Gasteiger partial charge in [0, 0.05) is 11.5 Å². The van der Waals surface area contributed by atoms with E-state index in [1.807, 2.05) is 0 Å². The van der Waals surface area contributed by atoms with Gasteiger partial charge in [-0.15, -0.1) is 0 Å². The number of allylic oxidation sites excluding steroid dienone is 4. The fraction of sp³-hybridized carbons (Fsp3) is 0.667. The number of thiocarbonyl (C=S) groups is 1. The van der Waals surface area contributed by atoms with Crippen LogP contribution in [0.15, 0.2) is 23.0 Å². The van der Waals surface area contributed by atoms with E-state index in [0.29, 0.717) is 10.6 Å². The fourth-order valence-corrected chi connectivity index (χ4v) is 3.18. The Labute approximate surface area is 110 Å². The first kappa shape index (κ1) is 12.8. The van der Waals surface area contributed by atoms with Crippen LogP contribution in [0.5, 0.6) is 0 Å². The van der Waals surface area contributed by atoms with Gasteiger partial charge in [-0.2, -0.15) is 0 Å². The van der Waals surface area contributed by atoms with E-state index in [1.165, 1.54) is 12.0 Å². The normalized spacial score (nSPS) is 31.0. The van der Waals surface area contributed by atoms with Crippen molar-refractivity contribution in [3.63, 3.8) is 0 Å². The lowest BCUT2D eigenvalue weighted by atomic mass is 9.58. The molecule has 1 atom stereocenters. The molecule has 1 N–H and O–H groups in total. The second-order valence-corrected chi connectivity index (χ2v) is 7.16. The van der Waals surface area contributed by atoms with Gasteiger partial charge in [0.25, 0.3) is 0 Å². The minimum Gasteiger partial charge on any atom is -0.506 e. The van der Waals surface area contributed by atoms with E-state index in [-0.39, 0.29) is 16.7 Å². The summed E-state index contributed by atoms with van der Waals surface area (Å²) >= 11 is 5.34. The van der Waals surface area contributed by atoms with E-state index in [0.717, 1.165) is 12.0 Å². The Morgan fingerprint density at radius 2 is 1.71 bits per heavy atom. The molecular formula is C15H22OS. The lowest BCUT2D eigenvalue weighted by molar-refractivity contribution is 0.245. The Hall–Kier alpha value is -0.630. The number of aliphatic hydroxyl groups excluding tert-OH is 1. The summed E-state index contributed by atoms with van der Waals surface area (Å²) in [4.78, 5) is 0.703. The summed E-state index contributed by atoms with van der Waals surface area (Å²) in [7, 11) is 0. The zero-order valence-electron chi connectivity index (χ0n) is 11.4. The summed E-state index contributed by atoms with van der Waals surface area (Å²) < 4.78 is 0. The topological polar surface area (TPSA) is 20.2 Å². The first-order chi connectivity index (χ1) is 7.67. The van der Waals surface area contributed by atoms with Gasteiger partial charge < -0.3 is 5.11 Å². The second kappa shape index (κ2) is 3.68. The SMILES string of the molecule is CC1C=C2C(=C(O)C1=S)C(C)(C)CCC2(C)C. The molecule has 1 unspecified atom stereocenters. The Kier molecular flexibility index (Phi) is 2.77. The molecule has 0 aromatic carbocycles. The summed E-state index contributed by atoms with van der Waals surface area (Å²) in [5.74, 6) is 0.555. The molecule has 2 aliphatic carbocycles. The molecule has 0 bridgehead atoms. The van der Waals surface area contributed by atoms with Gasteiger partial charge >= 0.3 is 0 Å². The summed E-state index contributed by atoms with van der Waals surface area (Å²) in [6, 6.07) is 0. The predicted molar refractivity (Wildman–Crippen MR) is 76.3 cm³/mol. The highest BCUT2D eigenvalue weighted by Gasteiger charge is 2.44. The van der Waals surface area contributed by atoms with Crippen LogP contribution < -0.4 is 0 Å². The molecule has 17 heavy (non-hydrogen) atoms. The molecule has 0 radical (unpaired) electrons. The molecule has 0 saturated heterocycles. The number of aliphatic hydroxyl groups is 1. The van der Waals surface area contributed by atoms with E-state index in [9.17, 15) is 5.11 Å². The van der Waals surface area contributed by atoms with Gasteiger partial charge in [-0.3, -0.25) is 0 Å². The van der Waals surface area contributed by atoms with Gasteiger partial charge in [0.15, 0.2) is 0 Å². The Bertz CT molecular complexity index is 438. The third-order valence-corrected chi connectivity index (χ3v) is 4.92. The number of hydrogen-bond donors (Lipinski definition) is 1. The van der Waals surface area contributed by atoms with Gasteiger partial charge in [0.2, 0.25) is 0 Å². The zero-order chi connectivity index (χ0) is 13.0. The Balaban J connectivity index is 2.64. The molecule has 2 rings (SSSR count). The Morgan fingerprint density at radius 3 is 2.29 bits per heavy atom. The average molecular weight is 250 g/mol. The molecule has 0 aromatic heterocycles. The molecule has 0 amide bonds. The first-order valence-corrected chi connectivity index (χ1v) is 6.78. The van der Waals surface area contributed by atoms with Crippen molar-refractivity contribution in [2.75, 3.05) is 0 Å². The molecule has 1 nitrogen and oxygen atoms in total. The maximum Gasteiger partial charge on any atom is 0.134 e. The van der Waals surface area contributed by atoms with Crippen LogP contribution in [-0.2, 0) is 0 Å². The van der Waals surface area contributed by atoms with Crippen LogP contribution in [0.4, 0.5) is 0 Å². The number of hydrogen-bond acceptors (Lipinski definition) is 2. The van der Waals surface area contributed by atoms with Crippen molar-refractivity contribution >= 4 is 17.1 Å². The maximum atomic E-state index is 10.4. The molecule has 1 saturated carbocycles. The Morgan fingerprint density at radius 1 is 1.18 bits per heavy atom. The van der Waals surface area contributed by atoms with E-state index in [4.69, 9.17) is 12.2 Å². The van der Waals surface area contributed by atoms with Crippen molar-refractivity contribution in [2.24, 2.45) is 16.7 Å². The molecule has 0 aliphatic heterocycles. The van der Waals surface area contributed by atoms with Crippen LogP contribution in [0.1, 0.15) is 47.5 Å². The van der Waals surface area contributed by atoms with Crippen molar-refractivity contribution < 1.29 is 5.11 Å². The monoisotopic (exact) mass is 250 g/mol. The lowest BCUT2D eigenvalue weighted by Crippen LogP contribution is -2.37. The minimum atomic E-state index is 0.0373. The molecule has 2 aliphatic rings. The second-order valence-electron chi connectivity index (χ2n) is 6.72. The summed E-state index contributed by atoms with van der Waals surface area (Å²) in [6.07, 6.45) is 4.54. The van der Waals surface area contributed by atoms with Crippen LogP contribution in [0.2, 0.25) is 0 Å². The van der Waals surface area contributed by atoms with Crippen molar-refractivity contribution in [3.05, 3.63) is 23.0 Å². The highest BCUT2D eigenvalue weighted by atomic mass is 32.1. The first-order valence-electron chi connectivity index (χ1n) is 6.37. The lowest BCUT2D eigenvalue weighted by Gasteiger charge is -2.46. The molecule has 0 heterocycles. The molecule has 2 heteroatoms. The predicted octanol–water partition coefficient (Wildman–Crippen LogP) is 4.59. The average Bonchev–Trinajstić information content (AvgIpc) is 2.21. The van der Waals surface area contributed by atoms with Gasteiger partial charge in [-0.1, -0.05) is 52.9 Å². The summed E-state index contributed by atoms with van der Waals surface area (Å²) in [5.41, 5.74) is 2.60. The highest BCUT2D eigenvalue weighted by molar-refractivity contribution is 7.80.